The summed E-state index contributed by atoms with van der Waals surface area (Å²) >= 11 is 0. The Bertz CT molecular complexity index is 339. The molecule has 0 unspecified atom stereocenters. The lowest BCUT2D eigenvalue weighted by Gasteiger charge is -2.26. The van der Waals surface area contributed by atoms with Crippen molar-refractivity contribution in [1.29, 1.82) is 0 Å². The maximum absolute atomic E-state index is 12.0. The van der Waals surface area contributed by atoms with Crippen LogP contribution in [0.1, 0.15) is 40.5 Å². The highest BCUT2D eigenvalue weighted by Crippen LogP contribution is 2.12. The number of rotatable bonds is 2. The Labute approximate surface area is 121 Å². The second-order valence-corrected chi connectivity index (χ2v) is 5.92. The van der Waals surface area contributed by atoms with Crippen molar-refractivity contribution in [3.63, 3.8) is 0 Å². The van der Waals surface area contributed by atoms with Gasteiger partial charge in [0, 0.05) is 26.2 Å². The summed E-state index contributed by atoms with van der Waals surface area (Å²) in [6, 6.07) is 0. The molecule has 0 atom stereocenters. The van der Waals surface area contributed by atoms with E-state index in [9.17, 15) is 9.59 Å². The first-order valence-corrected chi connectivity index (χ1v) is 7.23. The average Bonchev–Trinajstić information content (AvgIpc) is 2.59. The highest BCUT2D eigenvalue weighted by molar-refractivity contribution is 5.69. The van der Waals surface area contributed by atoms with Crippen LogP contribution in [0.3, 0.4) is 0 Å². The first-order chi connectivity index (χ1) is 9.33. The van der Waals surface area contributed by atoms with Crippen molar-refractivity contribution in [2.45, 2.75) is 46.1 Å². The molecule has 20 heavy (non-hydrogen) atoms. The van der Waals surface area contributed by atoms with Gasteiger partial charge in [0.2, 0.25) is 0 Å². The molecule has 0 aromatic rings. The number of carbonyl (C=O) groups excluding carboxylic acids is 2. The van der Waals surface area contributed by atoms with Crippen molar-refractivity contribution in [2.24, 2.45) is 0 Å². The van der Waals surface area contributed by atoms with Gasteiger partial charge in [-0.25, -0.2) is 9.59 Å². The molecule has 1 aliphatic rings. The summed E-state index contributed by atoms with van der Waals surface area (Å²) in [6.07, 6.45) is 0.934. The van der Waals surface area contributed by atoms with E-state index in [0.29, 0.717) is 32.8 Å². The summed E-state index contributed by atoms with van der Waals surface area (Å²) in [6.45, 7) is 10.1. The summed E-state index contributed by atoms with van der Waals surface area (Å²) in [5, 5.41) is 0. The topological polar surface area (TPSA) is 59.1 Å². The molecule has 6 heteroatoms. The number of ether oxygens (including phenoxy) is 2. The van der Waals surface area contributed by atoms with Gasteiger partial charge in [-0.05, 0) is 33.6 Å². The van der Waals surface area contributed by atoms with Crippen LogP contribution in [-0.4, -0.2) is 60.4 Å². The number of nitrogens with zero attached hydrogens (tertiary/aromatic N) is 2. The van der Waals surface area contributed by atoms with Crippen LogP contribution in [0, 0.1) is 0 Å². The van der Waals surface area contributed by atoms with Crippen molar-refractivity contribution in [3.8, 4) is 0 Å². The molecule has 1 rings (SSSR count). The van der Waals surface area contributed by atoms with Gasteiger partial charge in [-0.2, -0.15) is 0 Å². The molecule has 0 aromatic heterocycles. The summed E-state index contributed by atoms with van der Waals surface area (Å²) in [5.41, 5.74) is -0.497. The fraction of sp³-hybridized carbons (Fsp3) is 0.857. The molecule has 0 N–H and O–H groups in total. The Hall–Kier alpha value is -1.46. The van der Waals surface area contributed by atoms with Crippen LogP contribution in [0.4, 0.5) is 9.59 Å². The molecule has 1 fully saturated rings. The van der Waals surface area contributed by atoms with Crippen LogP contribution in [0.25, 0.3) is 0 Å². The Morgan fingerprint density at radius 3 is 2.05 bits per heavy atom. The average molecular weight is 286 g/mol. The van der Waals surface area contributed by atoms with Gasteiger partial charge >= 0.3 is 12.2 Å². The Morgan fingerprint density at radius 2 is 1.55 bits per heavy atom. The molecule has 0 spiro atoms. The highest BCUT2D eigenvalue weighted by Gasteiger charge is 2.26. The van der Waals surface area contributed by atoms with Crippen molar-refractivity contribution in [3.05, 3.63) is 0 Å². The summed E-state index contributed by atoms with van der Waals surface area (Å²) in [5.74, 6) is 0. The van der Waals surface area contributed by atoms with Crippen molar-refractivity contribution in [1.82, 2.24) is 9.80 Å². The number of carbonyl (C=O) groups is 2. The lowest BCUT2D eigenvalue weighted by Crippen LogP contribution is -2.40. The van der Waals surface area contributed by atoms with Crippen molar-refractivity contribution >= 4 is 12.2 Å². The zero-order valence-electron chi connectivity index (χ0n) is 13.0. The molecule has 1 aliphatic heterocycles. The fourth-order valence-corrected chi connectivity index (χ4v) is 1.89. The predicted octanol–water partition coefficient (Wildman–Crippen LogP) is 2.48. The Morgan fingerprint density at radius 1 is 1.00 bits per heavy atom. The SMILES string of the molecule is CCCOC(=O)N1CCCN(C(=O)OC(C)(C)C)CC1. The predicted molar refractivity (Wildman–Crippen MR) is 75.6 cm³/mol. The maximum Gasteiger partial charge on any atom is 0.410 e. The smallest absolute Gasteiger partial charge is 0.410 e. The van der Waals surface area contributed by atoms with Gasteiger partial charge in [0.05, 0.1) is 6.61 Å². The first kappa shape index (κ1) is 16.6. The zero-order valence-corrected chi connectivity index (χ0v) is 13.0. The molecule has 0 aromatic carbocycles. The van der Waals surface area contributed by atoms with E-state index in [2.05, 4.69) is 0 Å². The third-order valence-electron chi connectivity index (χ3n) is 2.84. The van der Waals surface area contributed by atoms with Gasteiger partial charge in [-0.15, -0.1) is 0 Å². The van der Waals surface area contributed by atoms with Crippen LogP contribution in [-0.2, 0) is 9.47 Å². The van der Waals surface area contributed by atoms with E-state index in [1.165, 1.54) is 0 Å². The van der Waals surface area contributed by atoms with E-state index in [0.717, 1.165) is 12.8 Å². The lowest BCUT2D eigenvalue weighted by molar-refractivity contribution is 0.0255. The van der Waals surface area contributed by atoms with Crippen LogP contribution in [0.2, 0.25) is 0 Å². The molecule has 1 saturated heterocycles. The first-order valence-electron chi connectivity index (χ1n) is 7.23. The number of amides is 2. The largest absolute Gasteiger partial charge is 0.449 e. The van der Waals surface area contributed by atoms with Crippen LogP contribution in [0.5, 0.6) is 0 Å². The molecular weight excluding hydrogens is 260 g/mol. The Balaban J connectivity index is 2.46. The number of hydrogen-bond donors (Lipinski definition) is 0. The second kappa shape index (κ2) is 7.36. The molecular formula is C14H26N2O4. The molecule has 6 nitrogen and oxygen atoms in total. The van der Waals surface area contributed by atoms with E-state index in [1.807, 2.05) is 27.7 Å². The van der Waals surface area contributed by atoms with Gasteiger partial charge in [-0.1, -0.05) is 6.92 Å². The molecule has 0 radical (unpaired) electrons. The van der Waals surface area contributed by atoms with E-state index in [4.69, 9.17) is 9.47 Å². The van der Waals surface area contributed by atoms with Gasteiger partial charge in [0.1, 0.15) is 5.60 Å². The second-order valence-electron chi connectivity index (χ2n) is 5.92. The minimum Gasteiger partial charge on any atom is -0.449 e. The molecule has 1 heterocycles. The summed E-state index contributed by atoms with van der Waals surface area (Å²) in [7, 11) is 0. The van der Waals surface area contributed by atoms with E-state index < -0.39 is 5.60 Å². The monoisotopic (exact) mass is 286 g/mol. The minimum atomic E-state index is -0.497. The van der Waals surface area contributed by atoms with Crippen LogP contribution >= 0.6 is 0 Å². The normalized spacial score (nSPS) is 16.6. The van der Waals surface area contributed by atoms with Crippen LogP contribution in [0.15, 0.2) is 0 Å². The third-order valence-corrected chi connectivity index (χ3v) is 2.84. The fourth-order valence-electron chi connectivity index (χ4n) is 1.89. The minimum absolute atomic E-state index is 0.294. The maximum atomic E-state index is 12.0. The molecule has 0 saturated carbocycles. The van der Waals surface area contributed by atoms with Gasteiger partial charge in [0.25, 0.3) is 0 Å². The van der Waals surface area contributed by atoms with Crippen molar-refractivity contribution < 1.29 is 19.1 Å². The number of hydrogen-bond acceptors (Lipinski definition) is 4. The van der Waals surface area contributed by atoms with Gasteiger partial charge < -0.3 is 19.3 Å². The van der Waals surface area contributed by atoms with Crippen molar-refractivity contribution in [2.75, 3.05) is 32.8 Å². The third kappa shape index (κ3) is 5.67. The molecule has 0 bridgehead atoms. The van der Waals surface area contributed by atoms with E-state index in [1.54, 1.807) is 9.80 Å². The molecule has 0 aliphatic carbocycles. The zero-order chi connectivity index (χ0) is 15.2. The molecule has 2 amide bonds. The van der Waals surface area contributed by atoms with E-state index in [-0.39, 0.29) is 12.2 Å². The highest BCUT2D eigenvalue weighted by atomic mass is 16.6. The standard InChI is InChI=1S/C14H26N2O4/c1-5-11-19-12(17)15-7-6-8-16(10-9-15)13(18)20-14(2,3)4/h5-11H2,1-4H3. The Kier molecular flexibility index (Phi) is 6.10. The van der Waals surface area contributed by atoms with E-state index >= 15 is 0 Å². The lowest BCUT2D eigenvalue weighted by atomic mass is 10.2. The van der Waals surface area contributed by atoms with Gasteiger partial charge in [0.15, 0.2) is 0 Å². The van der Waals surface area contributed by atoms with Gasteiger partial charge in [-0.3, -0.25) is 0 Å². The van der Waals surface area contributed by atoms with Crippen LogP contribution < -0.4 is 0 Å². The quantitative estimate of drug-likeness (QED) is 0.782. The molecule has 116 valence electrons. The summed E-state index contributed by atoms with van der Waals surface area (Å²) in [4.78, 5) is 27.1. The summed E-state index contributed by atoms with van der Waals surface area (Å²) < 4.78 is 10.5.